The first kappa shape index (κ1) is 60.3. The number of hydrogen-bond acceptors (Lipinski definition) is 8. The zero-order chi connectivity index (χ0) is 46.7. The Balaban J connectivity index is 4.34. The minimum atomic E-state index is -4.56. The molecule has 0 bridgehead atoms. The highest BCUT2D eigenvalue weighted by Gasteiger charge is 2.26. The number of aliphatic hydroxyl groups is 2. The lowest BCUT2D eigenvalue weighted by Crippen LogP contribution is -2.29. The van der Waals surface area contributed by atoms with Gasteiger partial charge in [0.05, 0.1) is 26.4 Å². The Morgan fingerprint density at radius 2 is 0.844 bits per heavy atom. The predicted octanol–water partition coefficient (Wildman–Crippen LogP) is 13.9. The van der Waals surface area contributed by atoms with Crippen LogP contribution >= 0.6 is 7.82 Å². The summed E-state index contributed by atoms with van der Waals surface area (Å²) < 4.78 is 33.4. The van der Waals surface area contributed by atoms with Crippen LogP contribution in [0, 0.1) is 0 Å². The fourth-order valence-corrected chi connectivity index (χ4v) is 6.28. The topological polar surface area (TPSA) is 132 Å². The van der Waals surface area contributed by atoms with Crippen LogP contribution in [-0.4, -0.2) is 66.3 Å². The molecule has 9 nitrogen and oxygen atoms in total. The summed E-state index contributed by atoms with van der Waals surface area (Å²) in [6.07, 6.45) is 68.2. The average molecular weight is 909 g/mol. The minimum Gasteiger partial charge on any atom is -0.457 e. The van der Waals surface area contributed by atoms with Gasteiger partial charge in [-0.25, -0.2) is 4.57 Å². The normalized spacial score (nSPS) is 15.1. The van der Waals surface area contributed by atoms with Crippen molar-refractivity contribution in [3.05, 3.63) is 146 Å². The zero-order valence-corrected chi connectivity index (χ0v) is 40.3. The average Bonchev–Trinajstić information content (AvgIpc) is 3.29. The first-order chi connectivity index (χ1) is 31.3. The lowest BCUT2D eigenvalue weighted by atomic mass is 10.1. The van der Waals surface area contributed by atoms with Gasteiger partial charge in [0.15, 0.2) is 0 Å². The van der Waals surface area contributed by atoms with E-state index in [0.29, 0.717) is 13.0 Å². The standard InChI is InChI=1S/C54H85O9P/c1-3-5-7-9-11-13-15-17-19-21-23-25-26-27-28-30-32-34-36-38-40-42-44-46-54(57)63-53(51-62-64(58,59)61-49-52(56)48-55)50-60-47-45-43-41-39-37-35-33-31-29-24-22-20-18-16-14-12-10-8-6-4-2/h5-8,11-14,17-20,23-25,27-29,32-35,39,41,52-53,55-56H,3-4,9-10,15-16,21-22,26,30-31,36-38,40,42-51H2,1-2H3,(H,58,59)/b7-5-,8-6-,13-11-,14-12-,19-17-,20-18-,25-23-,28-27-,29-24-,34-32-,35-33-,41-39-. The van der Waals surface area contributed by atoms with Crippen molar-refractivity contribution in [2.75, 3.05) is 33.0 Å². The highest BCUT2D eigenvalue weighted by atomic mass is 31.2. The highest BCUT2D eigenvalue weighted by Crippen LogP contribution is 2.43. The molecule has 0 heterocycles. The van der Waals surface area contributed by atoms with Crippen LogP contribution in [0.15, 0.2) is 146 Å². The fourth-order valence-electron chi connectivity index (χ4n) is 5.49. The number of carbonyl (C=O) groups is 1. The molecule has 10 heteroatoms. The van der Waals surface area contributed by atoms with E-state index in [1.807, 2.05) is 0 Å². The molecule has 0 saturated heterocycles. The van der Waals surface area contributed by atoms with E-state index in [2.05, 4.69) is 160 Å². The molecule has 0 fully saturated rings. The number of allylic oxidation sites excluding steroid dienone is 24. The zero-order valence-electron chi connectivity index (χ0n) is 39.4. The van der Waals surface area contributed by atoms with Crippen LogP contribution in [-0.2, 0) is 27.9 Å². The fraction of sp³-hybridized carbons (Fsp3) is 0.537. The second kappa shape index (κ2) is 48.8. The van der Waals surface area contributed by atoms with E-state index in [-0.39, 0.29) is 13.0 Å². The Labute approximate surface area is 388 Å². The highest BCUT2D eigenvalue weighted by molar-refractivity contribution is 7.47. The van der Waals surface area contributed by atoms with Crippen LogP contribution in [0.2, 0.25) is 0 Å². The molecule has 0 aliphatic rings. The van der Waals surface area contributed by atoms with Crippen molar-refractivity contribution in [2.24, 2.45) is 0 Å². The molecule has 3 N–H and O–H groups in total. The van der Waals surface area contributed by atoms with E-state index in [1.165, 1.54) is 0 Å². The van der Waals surface area contributed by atoms with Gasteiger partial charge in [0.2, 0.25) is 0 Å². The van der Waals surface area contributed by atoms with Gasteiger partial charge in [0, 0.05) is 13.0 Å². The monoisotopic (exact) mass is 909 g/mol. The third-order valence-corrected chi connectivity index (χ3v) is 9.97. The number of phosphoric acid groups is 1. The molecule has 0 aliphatic carbocycles. The molecule has 0 aliphatic heterocycles. The number of unbranched alkanes of at least 4 members (excludes halogenated alkanes) is 5. The Hall–Kier alpha value is -3.66. The summed E-state index contributed by atoms with van der Waals surface area (Å²) in [6, 6.07) is 0. The number of ether oxygens (including phenoxy) is 2. The first-order valence-electron chi connectivity index (χ1n) is 23.8. The van der Waals surface area contributed by atoms with E-state index in [1.54, 1.807) is 0 Å². The molecule has 64 heavy (non-hydrogen) atoms. The summed E-state index contributed by atoms with van der Waals surface area (Å²) in [5.41, 5.74) is 0. The number of phosphoric ester groups is 1. The van der Waals surface area contributed by atoms with Gasteiger partial charge in [-0.05, 0) is 109 Å². The third-order valence-electron chi connectivity index (χ3n) is 9.02. The van der Waals surface area contributed by atoms with Crippen molar-refractivity contribution < 1.29 is 43.0 Å². The van der Waals surface area contributed by atoms with Crippen LogP contribution in [0.1, 0.15) is 142 Å². The molecule has 0 saturated carbocycles. The molecule has 0 aromatic heterocycles. The summed E-state index contributed by atoms with van der Waals surface area (Å²) in [7, 11) is -4.56. The Bertz CT molecular complexity index is 1500. The minimum absolute atomic E-state index is 0.0132. The molecule has 0 aromatic carbocycles. The Kier molecular flexibility index (Phi) is 46.0. The molecular weight excluding hydrogens is 824 g/mol. The van der Waals surface area contributed by atoms with Gasteiger partial charge in [-0.1, -0.05) is 173 Å². The predicted molar refractivity (Wildman–Crippen MR) is 269 cm³/mol. The maximum atomic E-state index is 12.7. The van der Waals surface area contributed by atoms with E-state index in [0.717, 1.165) is 116 Å². The summed E-state index contributed by atoms with van der Waals surface area (Å²) in [6.45, 7) is 3.05. The van der Waals surface area contributed by atoms with Crippen molar-refractivity contribution in [1.82, 2.24) is 0 Å². The van der Waals surface area contributed by atoms with Crippen LogP contribution in [0.4, 0.5) is 0 Å². The molecule has 3 unspecified atom stereocenters. The van der Waals surface area contributed by atoms with Gasteiger partial charge in [-0.15, -0.1) is 0 Å². The van der Waals surface area contributed by atoms with Gasteiger partial charge in [-0.2, -0.15) is 0 Å². The summed E-state index contributed by atoms with van der Waals surface area (Å²) >= 11 is 0. The lowest BCUT2D eigenvalue weighted by Gasteiger charge is -2.20. The lowest BCUT2D eigenvalue weighted by molar-refractivity contribution is -0.154. The number of rotatable bonds is 43. The first-order valence-corrected chi connectivity index (χ1v) is 25.3. The summed E-state index contributed by atoms with van der Waals surface area (Å²) in [5.74, 6) is -0.434. The van der Waals surface area contributed by atoms with Crippen LogP contribution < -0.4 is 0 Å². The molecule has 0 rings (SSSR count). The van der Waals surface area contributed by atoms with E-state index in [4.69, 9.17) is 23.6 Å². The van der Waals surface area contributed by atoms with Crippen molar-refractivity contribution in [3.8, 4) is 0 Å². The maximum Gasteiger partial charge on any atom is 0.472 e. The molecule has 0 spiro atoms. The third kappa shape index (κ3) is 47.8. The van der Waals surface area contributed by atoms with Crippen LogP contribution in [0.25, 0.3) is 0 Å². The van der Waals surface area contributed by atoms with Gasteiger partial charge in [-0.3, -0.25) is 13.8 Å². The Morgan fingerprint density at radius 3 is 1.25 bits per heavy atom. The van der Waals surface area contributed by atoms with Crippen molar-refractivity contribution >= 4 is 13.8 Å². The largest absolute Gasteiger partial charge is 0.472 e. The summed E-state index contributed by atoms with van der Waals surface area (Å²) in [4.78, 5) is 22.7. The van der Waals surface area contributed by atoms with Gasteiger partial charge in [0.1, 0.15) is 12.2 Å². The quantitative estimate of drug-likeness (QED) is 0.0237. The van der Waals surface area contributed by atoms with Crippen molar-refractivity contribution in [1.29, 1.82) is 0 Å². The Morgan fingerprint density at radius 1 is 0.484 bits per heavy atom. The second-order valence-corrected chi connectivity index (χ2v) is 16.5. The van der Waals surface area contributed by atoms with Crippen LogP contribution in [0.5, 0.6) is 0 Å². The van der Waals surface area contributed by atoms with Gasteiger partial charge < -0.3 is 24.6 Å². The van der Waals surface area contributed by atoms with Crippen molar-refractivity contribution in [3.63, 3.8) is 0 Å². The molecule has 0 amide bonds. The second-order valence-electron chi connectivity index (χ2n) is 15.0. The summed E-state index contributed by atoms with van der Waals surface area (Å²) in [5, 5.41) is 18.4. The van der Waals surface area contributed by atoms with E-state index >= 15 is 0 Å². The number of aliphatic hydroxyl groups excluding tert-OH is 2. The number of hydrogen-bond donors (Lipinski definition) is 3. The molecule has 3 atom stereocenters. The maximum absolute atomic E-state index is 12.7. The number of carbonyl (C=O) groups excluding carboxylic acids is 1. The number of esters is 1. The SMILES string of the molecule is CC/C=C\C/C=C\C/C=C\C/C=C\C/C=C\C/C=C\CCCCCCC(=O)OC(COCCC/C=C\C/C=C\C/C=C\C/C=C\C/C=C\C/C=C\CC)COP(=O)(O)OCC(O)CO. The van der Waals surface area contributed by atoms with Crippen LogP contribution in [0.3, 0.4) is 0 Å². The smallest absolute Gasteiger partial charge is 0.457 e. The van der Waals surface area contributed by atoms with E-state index in [9.17, 15) is 19.4 Å². The molecule has 0 radical (unpaired) electrons. The van der Waals surface area contributed by atoms with E-state index < -0.39 is 45.8 Å². The van der Waals surface area contributed by atoms with Gasteiger partial charge >= 0.3 is 13.8 Å². The molecular formula is C54H85O9P. The molecule has 360 valence electrons. The van der Waals surface area contributed by atoms with Crippen molar-refractivity contribution in [2.45, 2.75) is 154 Å². The molecule has 0 aromatic rings. The van der Waals surface area contributed by atoms with Gasteiger partial charge in [0.25, 0.3) is 0 Å².